The van der Waals surface area contributed by atoms with Crippen LogP contribution in [0, 0.1) is 0 Å². The van der Waals surface area contributed by atoms with Gasteiger partial charge >= 0.3 is 5.97 Å². The van der Waals surface area contributed by atoms with Crippen molar-refractivity contribution in [1.29, 1.82) is 0 Å². The second-order valence-electron chi connectivity index (χ2n) is 6.24. The third kappa shape index (κ3) is 3.51. The first-order valence-corrected chi connectivity index (χ1v) is 8.71. The monoisotopic (exact) mass is 387 g/mol. The molecule has 0 atom stereocenters. The molecule has 0 aliphatic heterocycles. The highest BCUT2D eigenvalue weighted by atomic mass is 16.5. The number of methoxy groups -OCH3 is 1. The van der Waals surface area contributed by atoms with Crippen LogP contribution in [-0.2, 0) is 4.74 Å². The van der Waals surface area contributed by atoms with Crippen LogP contribution in [0.1, 0.15) is 10.4 Å². The largest absolute Gasteiger partial charge is 0.504 e. The third-order valence-corrected chi connectivity index (χ3v) is 4.42. The number of esters is 1. The Kier molecular flexibility index (Phi) is 4.66. The molecule has 4 rings (SSSR count). The molecule has 0 bridgehead atoms. The highest BCUT2D eigenvalue weighted by Crippen LogP contribution is 2.34. The summed E-state index contributed by atoms with van der Waals surface area (Å²) in [5.74, 6) is 0.126. The highest BCUT2D eigenvalue weighted by Gasteiger charge is 2.17. The van der Waals surface area contributed by atoms with Gasteiger partial charge in [-0.1, -0.05) is 12.1 Å². The van der Waals surface area contributed by atoms with E-state index in [2.05, 4.69) is 15.0 Å². The SMILES string of the molecule is COC(=O)c1ccc(-c2nc(-c3cnc(N)c(O)c3)c(-c3ccncc3)[nH]2)cc1. The van der Waals surface area contributed by atoms with Crippen molar-refractivity contribution in [1.82, 2.24) is 19.9 Å². The molecule has 0 spiro atoms. The Hall–Kier alpha value is -4.20. The molecule has 4 N–H and O–H groups in total. The third-order valence-electron chi connectivity index (χ3n) is 4.42. The molecule has 1 aromatic carbocycles. The second kappa shape index (κ2) is 7.43. The van der Waals surface area contributed by atoms with E-state index in [1.807, 2.05) is 12.1 Å². The molecule has 8 heteroatoms. The van der Waals surface area contributed by atoms with Crippen LogP contribution in [0.4, 0.5) is 5.82 Å². The van der Waals surface area contributed by atoms with Crippen LogP contribution in [0.25, 0.3) is 33.9 Å². The number of aromatic amines is 1. The van der Waals surface area contributed by atoms with Gasteiger partial charge in [0.25, 0.3) is 0 Å². The number of benzene rings is 1. The first kappa shape index (κ1) is 18.2. The molecule has 0 fully saturated rings. The summed E-state index contributed by atoms with van der Waals surface area (Å²) in [6.45, 7) is 0. The zero-order valence-electron chi connectivity index (χ0n) is 15.5. The Labute approximate surface area is 166 Å². The van der Waals surface area contributed by atoms with E-state index in [0.29, 0.717) is 22.6 Å². The molecule has 0 aliphatic rings. The van der Waals surface area contributed by atoms with Gasteiger partial charge in [0.15, 0.2) is 11.6 Å². The van der Waals surface area contributed by atoms with E-state index >= 15 is 0 Å². The number of rotatable bonds is 4. The molecule has 4 aromatic rings. The molecule has 3 heterocycles. The summed E-state index contributed by atoms with van der Waals surface area (Å²) in [5.41, 5.74) is 9.68. The van der Waals surface area contributed by atoms with Crippen LogP contribution in [0.15, 0.2) is 61.1 Å². The van der Waals surface area contributed by atoms with Gasteiger partial charge in [-0.25, -0.2) is 14.8 Å². The minimum Gasteiger partial charge on any atom is -0.504 e. The smallest absolute Gasteiger partial charge is 0.337 e. The van der Waals surface area contributed by atoms with Gasteiger partial charge in [-0.2, -0.15) is 0 Å². The lowest BCUT2D eigenvalue weighted by atomic mass is 10.1. The van der Waals surface area contributed by atoms with Gasteiger partial charge in [-0.05, 0) is 30.3 Å². The van der Waals surface area contributed by atoms with Crippen LogP contribution >= 0.6 is 0 Å². The molecular weight excluding hydrogens is 370 g/mol. The number of aromatic hydroxyl groups is 1. The summed E-state index contributed by atoms with van der Waals surface area (Å²) in [6, 6.07) is 12.1. The van der Waals surface area contributed by atoms with Crippen LogP contribution in [0.2, 0.25) is 0 Å². The molecule has 0 saturated carbocycles. The molecule has 0 unspecified atom stereocenters. The maximum Gasteiger partial charge on any atom is 0.337 e. The number of nitrogens with zero attached hydrogens (tertiary/aromatic N) is 3. The van der Waals surface area contributed by atoms with Gasteiger partial charge in [0.2, 0.25) is 0 Å². The molecule has 0 aliphatic carbocycles. The van der Waals surface area contributed by atoms with Gasteiger partial charge in [-0.3, -0.25) is 4.98 Å². The van der Waals surface area contributed by atoms with Crippen LogP contribution in [0.3, 0.4) is 0 Å². The summed E-state index contributed by atoms with van der Waals surface area (Å²) < 4.78 is 4.73. The average molecular weight is 387 g/mol. The van der Waals surface area contributed by atoms with Gasteiger partial charge < -0.3 is 20.6 Å². The van der Waals surface area contributed by atoms with Crippen molar-refractivity contribution in [3.63, 3.8) is 0 Å². The molecule has 3 aromatic heterocycles. The van der Waals surface area contributed by atoms with Gasteiger partial charge in [0.1, 0.15) is 5.82 Å². The number of nitrogen functional groups attached to an aromatic ring is 1. The zero-order chi connectivity index (χ0) is 20.4. The molecule has 29 heavy (non-hydrogen) atoms. The highest BCUT2D eigenvalue weighted by molar-refractivity contribution is 5.90. The summed E-state index contributed by atoms with van der Waals surface area (Å²) in [4.78, 5) is 27.8. The fourth-order valence-corrected chi connectivity index (χ4v) is 2.92. The van der Waals surface area contributed by atoms with Crippen molar-refractivity contribution in [2.45, 2.75) is 0 Å². The number of nitrogens with two attached hydrogens (primary N) is 1. The Balaban J connectivity index is 1.83. The fourth-order valence-electron chi connectivity index (χ4n) is 2.92. The molecular formula is C21H17N5O3. The fraction of sp³-hybridized carbons (Fsp3) is 0.0476. The molecule has 0 radical (unpaired) electrons. The van der Waals surface area contributed by atoms with E-state index < -0.39 is 5.97 Å². The maximum absolute atomic E-state index is 11.7. The van der Waals surface area contributed by atoms with Gasteiger partial charge in [0.05, 0.1) is 24.1 Å². The second-order valence-corrected chi connectivity index (χ2v) is 6.24. The Morgan fingerprint density at radius 1 is 1.07 bits per heavy atom. The Morgan fingerprint density at radius 3 is 2.45 bits per heavy atom. The first-order chi connectivity index (χ1) is 14.1. The van der Waals surface area contributed by atoms with Crippen LogP contribution < -0.4 is 5.73 Å². The summed E-state index contributed by atoms with van der Waals surface area (Å²) >= 11 is 0. The normalized spacial score (nSPS) is 10.7. The molecule has 0 saturated heterocycles. The maximum atomic E-state index is 11.7. The van der Waals surface area contributed by atoms with Crippen LogP contribution in [0.5, 0.6) is 5.75 Å². The predicted molar refractivity (Wildman–Crippen MR) is 108 cm³/mol. The van der Waals surface area contributed by atoms with E-state index in [1.54, 1.807) is 42.9 Å². The summed E-state index contributed by atoms with van der Waals surface area (Å²) in [5, 5.41) is 9.97. The number of ether oxygens (including phenoxy) is 1. The number of carbonyl (C=O) groups excluding carboxylic acids is 1. The number of imidazole rings is 1. The quantitative estimate of drug-likeness (QED) is 0.459. The van der Waals surface area contributed by atoms with Crippen molar-refractivity contribution in [2.75, 3.05) is 12.8 Å². The summed E-state index contributed by atoms with van der Waals surface area (Å²) in [6.07, 6.45) is 4.92. The van der Waals surface area contributed by atoms with Crippen LogP contribution in [-0.4, -0.2) is 38.1 Å². The number of hydrogen-bond acceptors (Lipinski definition) is 7. The predicted octanol–water partition coefficient (Wildman–Crippen LogP) is 3.28. The van der Waals surface area contributed by atoms with E-state index in [1.165, 1.54) is 13.2 Å². The van der Waals surface area contributed by atoms with Crippen molar-refractivity contribution < 1.29 is 14.6 Å². The van der Waals surface area contributed by atoms with E-state index in [9.17, 15) is 9.90 Å². The lowest BCUT2D eigenvalue weighted by molar-refractivity contribution is 0.0600. The topological polar surface area (TPSA) is 127 Å². The lowest BCUT2D eigenvalue weighted by Crippen LogP contribution is -2.00. The number of H-pyrrole nitrogens is 1. The zero-order valence-corrected chi connectivity index (χ0v) is 15.5. The number of pyridine rings is 2. The number of aromatic nitrogens is 4. The molecule has 0 amide bonds. The summed E-state index contributed by atoms with van der Waals surface area (Å²) in [7, 11) is 1.34. The van der Waals surface area contributed by atoms with E-state index in [-0.39, 0.29) is 11.6 Å². The minimum atomic E-state index is -0.405. The Bertz CT molecular complexity index is 1170. The number of nitrogens with one attached hydrogen (secondary N) is 1. The number of carbonyl (C=O) groups is 1. The standard InChI is InChI=1S/C21H17N5O3/c1-29-21(28)14-4-2-13(3-5-14)20-25-17(12-6-8-23-9-7-12)18(26-20)15-10-16(27)19(22)24-11-15/h2-11,27H,1H3,(H2,22,24)(H,25,26). The number of anilines is 1. The average Bonchev–Trinajstić information content (AvgIpc) is 3.21. The minimum absolute atomic E-state index is 0.0494. The van der Waals surface area contributed by atoms with E-state index in [4.69, 9.17) is 15.5 Å². The number of hydrogen-bond donors (Lipinski definition) is 3. The molecule has 144 valence electrons. The Morgan fingerprint density at radius 2 is 1.79 bits per heavy atom. The first-order valence-electron chi connectivity index (χ1n) is 8.71. The van der Waals surface area contributed by atoms with Crippen molar-refractivity contribution >= 4 is 11.8 Å². The van der Waals surface area contributed by atoms with Crippen molar-refractivity contribution in [2.24, 2.45) is 0 Å². The molecule has 8 nitrogen and oxygen atoms in total. The van der Waals surface area contributed by atoms with Crippen molar-refractivity contribution in [3.8, 4) is 39.7 Å². The van der Waals surface area contributed by atoms with Gasteiger partial charge in [0, 0.05) is 35.3 Å². The lowest BCUT2D eigenvalue weighted by Gasteiger charge is -2.04. The van der Waals surface area contributed by atoms with Gasteiger partial charge in [-0.15, -0.1) is 0 Å². The van der Waals surface area contributed by atoms with E-state index in [0.717, 1.165) is 16.8 Å². The van der Waals surface area contributed by atoms with Crippen molar-refractivity contribution in [3.05, 3.63) is 66.6 Å².